The van der Waals surface area contributed by atoms with Crippen LogP contribution in [0.25, 0.3) is 0 Å². The van der Waals surface area contributed by atoms with Gasteiger partial charge in [0.15, 0.2) is 11.5 Å². The molecule has 1 aliphatic heterocycles. The van der Waals surface area contributed by atoms with Crippen molar-refractivity contribution in [2.45, 2.75) is 13.3 Å². The first-order chi connectivity index (χ1) is 11.1. The van der Waals surface area contributed by atoms with Crippen molar-refractivity contribution in [3.05, 3.63) is 17.8 Å². The summed E-state index contributed by atoms with van der Waals surface area (Å²) in [5.41, 5.74) is 0.380. The van der Waals surface area contributed by atoms with E-state index in [0.29, 0.717) is 12.2 Å². The van der Waals surface area contributed by atoms with E-state index >= 15 is 0 Å². The summed E-state index contributed by atoms with van der Waals surface area (Å²) in [5.74, 6) is 0.698. The highest BCUT2D eigenvalue weighted by Crippen LogP contribution is 2.12. The Morgan fingerprint density at radius 3 is 2.52 bits per heavy atom. The van der Waals surface area contributed by atoms with E-state index in [-0.39, 0.29) is 5.91 Å². The molecule has 1 N–H and O–H groups in total. The minimum atomic E-state index is -0.154. The molecule has 128 valence electrons. The molecule has 0 radical (unpaired) electrons. The lowest BCUT2D eigenvalue weighted by Gasteiger charge is -2.34. The van der Waals surface area contributed by atoms with Crippen LogP contribution < -0.4 is 10.2 Å². The summed E-state index contributed by atoms with van der Waals surface area (Å²) in [4.78, 5) is 18.7. The minimum absolute atomic E-state index is 0.154. The summed E-state index contributed by atoms with van der Waals surface area (Å²) in [6.45, 7) is 8.89. The van der Waals surface area contributed by atoms with E-state index in [1.54, 1.807) is 6.07 Å². The number of rotatable bonds is 7. The number of carbonyl (C=O) groups excluding carboxylic acids is 1. The van der Waals surface area contributed by atoms with Crippen molar-refractivity contribution in [3.8, 4) is 0 Å². The molecular weight excluding hydrogens is 292 g/mol. The lowest BCUT2D eigenvalue weighted by Crippen LogP contribution is -2.46. The first kappa shape index (κ1) is 17.6. The molecule has 0 aliphatic carbocycles. The Morgan fingerprint density at radius 1 is 1.22 bits per heavy atom. The molecule has 1 amide bonds. The van der Waals surface area contributed by atoms with Crippen molar-refractivity contribution in [1.29, 1.82) is 0 Å². The average molecular weight is 320 g/mol. The fraction of sp³-hybridized carbons (Fsp3) is 0.688. The maximum absolute atomic E-state index is 12.0. The predicted octanol–water partition coefficient (Wildman–Crippen LogP) is 0.300. The second-order valence-corrected chi connectivity index (χ2v) is 6.11. The molecule has 0 bridgehead atoms. The predicted molar refractivity (Wildman–Crippen MR) is 91.9 cm³/mol. The van der Waals surface area contributed by atoms with Gasteiger partial charge >= 0.3 is 0 Å². The Balaban J connectivity index is 1.81. The van der Waals surface area contributed by atoms with Gasteiger partial charge in [0.2, 0.25) is 0 Å². The van der Waals surface area contributed by atoms with Gasteiger partial charge in [-0.15, -0.1) is 10.2 Å². The maximum atomic E-state index is 12.0. The normalized spacial score (nSPS) is 15.9. The standard InChI is InChI=1S/C16H28N6O/c1-4-21-10-12-22(13-11-21)15-7-6-14(18-19-15)16(23)17-8-5-9-20(2)3/h6-7H,4-5,8-13H2,1-3H3,(H,17,23). The number of piperazine rings is 1. The van der Waals surface area contributed by atoms with Gasteiger partial charge in [0.05, 0.1) is 0 Å². The zero-order valence-corrected chi connectivity index (χ0v) is 14.5. The number of hydrogen-bond acceptors (Lipinski definition) is 6. The second-order valence-electron chi connectivity index (χ2n) is 6.11. The highest BCUT2D eigenvalue weighted by molar-refractivity contribution is 5.92. The number of carbonyl (C=O) groups is 1. The van der Waals surface area contributed by atoms with E-state index in [0.717, 1.165) is 51.5 Å². The first-order valence-electron chi connectivity index (χ1n) is 8.34. The zero-order chi connectivity index (χ0) is 16.7. The number of likely N-dealkylation sites (N-methyl/N-ethyl adjacent to an activating group) is 1. The summed E-state index contributed by atoms with van der Waals surface area (Å²) in [6, 6.07) is 3.65. The zero-order valence-electron chi connectivity index (χ0n) is 14.5. The molecule has 1 aromatic heterocycles. The van der Waals surface area contributed by atoms with Crippen molar-refractivity contribution >= 4 is 11.7 Å². The molecule has 7 heteroatoms. The fourth-order valence-electron chi connectivity index (χ4n) is 2.60. The maximum Gasteiger partial charge on any atom is 0.271 e. The van der Waals surface area contributed by atoms with Crippen LogP contribution in [-0.2, 0) is 0 Å². The minimum Gasteiger partial charge on any atom is -0.353 e. The van der Waals surface area contributed by atoms with Gasteiger partial charge in [-0.05, 0) is 45.7 Å². The molecule has 0 atom stereocenters. The third-order valence-electron chi connectivity index (χ3n) is 4.09. The van der Waals surface area contributed by atoms with Crippen molar-refractivity contribution in [2.24, 2.45) is 0 Å². The molecule has 0 aromatic carbocycles. The molecule has 1 aliphatic rings. The van der Waals surface area contributed by atoms with Crippen LogP contribution in [0.15, 0.2) is 12.1 Å². The third kappa shape index (κ3) is 5.44. The van der Waals surface area contributed by atoms with E-state index in [4.69, 9.17) is 0 Å². The van der Waals surface area contributed by atoms with Gasteiger partial charge in [-0.2, -0.15) is 0 Å². The molecule has 1 aromatic rings. The van der Waals surface area contributed by atoms with Gasteiger partial charge in [-0.25, -0.2) is 0 Å². The number of anilines is 1. The lowest BCUT2D eigenvalue weighted by atomic mass is 10.3. The smallest absolute Gasteiger partial charge is 0.271 e. The van der Waals surface area contributed by atoms with Crippen molar-refractivity contribution < 1.29 is 4.79 Å². The van der Waals surface area contributed by atoms with Crippen LogP contribution in [0.4, 0.5) is 5.82 Å². The van der Waals surface area contributed by atoms with E-state index in [1.807, 2.05) is 20.2 Å². The number of amides is 1. The average Bonchev–Trinajstić information content (AvgIpc) is 2.58. The Labute approximate surface area is 138 Å². The van der Waals surface area contributed by atoms with Crippen LogP contribution in [0.1, 0.15) is 23.8 Å². The molecule has 7 nitrogen and oxygen atoms in total. The summed E-state index contributed by atoms with van der Waals surface area (Å²) >= 11 is 0. The van der Waals surface area contributed by atoms with Gasteiger partial charge in [-0.1, -0.05) is 6.92 Å². The molecule has 0 unspecified atom stereocenters. The van der Waals surface area contributed by atoms with Crippen LogP contribution in [0.2, 0.25) is 0 Å². The highest BCUT2D eigenvalue weighted by Gasteiger charge is 2.17. The van der Waals surface area contributed by atoms with Crippen LogP contribution >= 0.6 is 0 Å². The Hall–Kier alpha value is -1.73. The third-order valence-corrected chi connectivity index (χ3v) is 4.09. The van der Waals surface area contributed by atoms with Gasteiger partial charge in [0.1, 0.15) is 0 Å². The van der Waals surface area contributed by atoms with E-state index < -0.39 is 0 Å². The largest absolute Gasteiger partial charge is 0.353 e. The van der Waals surface area contributed by atoms with Gasteiger partial charge in [-0.3, -0.25) is 4.79 Å². The van der Waals surface area contributed by atoms with Crippen molar-refractivity contribution in [2.75, 3.05) is 64.8 Å². The highest BCUT2D eigenvalue weighted by atomic mass is 16.1. The molecule has 2 rings (SSSR count). The van der Waals surface area contributed by atoms with Gasteiger partial charge in [0, 0.05) is 32.7 Å². The monoisotopic (exact) mass is 320 g/mol. The van der Waals surface area contributed by atoms with E-state index in [2.05, 4.69) is 37.1 Å². The van der Waals surface area contributed by atoms with Crippen molar-refractivity contribution in [3.63, 3.8) is 0 Å². The van der Waals surface area contributed by atoms with E-state index in [1.165, 1.54) is 0 Å². The van der Waals surface area contributed by atoms with E-state index in [9.17, 15) is 4.79 Å². The quantitative estimate of drug-likeness (QED) is 0.729. The summed E-state index contributed by atoms with van der Waals surface area (Å²) in [7, 11) is 4.04. The number of nitrogens with zero attached hydrogens (tertiary/aromatic N) is 5. The summed E-state index contributed by atoms with van der Waals surface area (Å²) in [6.07, 6.45) is 0.923. The molecule has 23 heavy (non-hydrogen) atoms. The van der Waals surface area contributed by atoms with Gasteiger partial charge in [0.25, 0.3) is 5.91 Å². The van der Waals surface area contributed by atoms with Crippen LogP contribution in [0.3, 0.4) is 0 Å². The molecular formula is C16H28N6O. The topological polar surface area (TPSA) is 64.6 Å². The van der Waals surface area contributed by atoms with Crippen LogP contribution in [0.5, 0.6) is 0 Å². The van der Waals surface area contributed by atoms with Crippen LogP contribution in [0, 0.1) is 0 Å². The second kappa shape index (κ2) is 8.79. The van der Waals surface area contributed by atoms with Crippen LogP contribution in [-0.4, -0.2) is 85.8 Å². The number of hydrogen-bond donors (Lipinski definition) is 1. The molecule has 0 saturated carbocycles. The molecule has 2 heterocycles. The molecule has 1 saturated heterocycles. The Kier molecular flexibility index (Phi) is 6.73. The molecule has 0 spiro atoms. The molecule has 1 fully saturated rings. The fourth-order valence-corrected chi connectivity index (χ4v) is 2.60. The first-order valence-corrected chi connectivity index (χ1v) is 8.34. The lowest BCUT2D eigenvalue weighted by molar-refractivity contribution is 0.0946. The SMILES string of the molecule is CCN1CCN(c2ccc(C(=O)NCCCN(C)C)nn2)CC1. The Morgan fingerprint density at radius 2 is 1.96 bits per heavy atom. The summed E-state index contributed by atoms with van der Waals surface area (Å²) in [5, 5.41) is 11.2. The Bertz CT molecular complexity index is 482. The number of nitrogens with one attached hydrogen (secondary N) is 1. The summed E-state index contributed by atoms with van der Waals surface area (Å²) < 4.78 is 0. The number of aromatic nitrogens is 2. The van der Waals surface area contributed by atoms with Crippen molar-refractivity contribution in [1.82, 2.24) is 25.3 Å². The van der Waals surface area contributed by atoms with Gasteiger partial charge < -0.3 is 20.0 Å².